The number of nitrogens with two attached hydrogens (primary N) is 2. The van der Waals surface area contributed by atoms with Crippen molar-refractivity contribution in [2.75, 3.05) is 6.61 Å². The van der Waals surface area contributed by atoms with Gasteiger partial charge in [0.1, 0.15) is 0 Å². The molecule has 0 heterocycles. The normalized spacial score (nSPS) is 11.6. The molecule has 0 bridgehead atoms. The average molecular weight is 231 g/mol. The van der Waals surface area contributed by atoms with E-state index in [1.54, 1.807) is 24.3 Å². The number of halogens is 1. The van der Waals surface area contributed by atoms with E-state index in [2.05, 4.69) is 0 Å². The van der Waals surface area contributed by atoms with Crippen LogP contribution in [0, 0.1) is 0 Å². The lowest BCUT2D eigenvalue weighted by atomic mass is 10.1. The van der Waals surface area contributed by atoms with Crippen LogP contribution < -0.4 is 11.5 Å². The maximum atomic E-state index is 10.7. The summed E-state index contributed by atoms with van der Waals surface area (Å²) in [5.41, 5.74) is 12.1. The molecule has 1 rings (SSSR count). The smallest absolute Gasteiger partial charge is 0.248 e. The number of carbonyl (C=O) groups is 1. The molecule has 0 unspecified atom stereocenters. The lowest BCUT2D eigenvalue weighted by Gasteiger charge is -2.07. The molecule has 0 fully saturated rings. The number of primary amides is 1. The number of aliphatic hydroxyl groups is 1. The fraction of sp³-hybridized carbons (Fsp3) is 0.300. The van der Waals surface area contributed by atoms with Crippen LogP contribution in [-0.2, 0) is 6.42 Å². The Bertz CT molecular complexity index is 314. The Morgan fingerprint density at radius 1 is 1.33 bits per heavy atom. The maximum absolute atomic E-state index is 10.7. The third-order valence-corrected chi connectivity index (χ3v) is 1.97. The van der Waals surface area contributed by atoms with Crippen LogP contribution >= 0.6 is 12.4 Å². The highest BCUT2D eigenvalue weighted by atomic mass is 35.5. The second-order valence-electron chi connectivity index (χ2n) is 3.21. The standard InChI is InChI=1S/C10H14N2O2.ClH/c11-9(6-13)5-7-1-3-8(4-2-7)10(12)14;/h1-4,9,13H,5-6,11H2,(H2,12,14);1H/t9-;/m1./s1. The Hall–Kier alpha value is -1.10. The van der Waals surface area contributed by atoms with Crippen molar-refractivity contribution in [1.29, 1.82) is 0 Å². The van der Waals surface area contributed by atoms with E-state index in [0.29, 0.717) is 12.0 Å². The van der Waals surface area contributed by atoms with E-state index in [0.717, 1.165) is 5.56 Å². The Morgan fingerprint density at radius 3 is 2.27 bits per heavy atom. The molecule has 0 saturated carbocycles. The zero-order chi connectivity index (χ0) is 10.6. The minimum Gasteiger partial charge on any atom is -0.395 e. The van der Waals surface area contributed by atoms with Crippen LogP contribution in [0.5, 0.6) is 0 Å². The molecule has 0 radical (unpaired) electrons. The fourth-order valence-electron chi connectivity index (χ4n) is 1.17. The quantitative estimate of drug-likeness (QED) is 0.684. The molecule has 1 aromatic rings. The lowest BCUT2D eigenvalue weighted by Crippen LogP contribution is -2.26. The molecule has 5 N–H and O–H groups in total. The molecular weight excluding hydrogens is 216 g/mol. The molecule has 0 aromatic heterocycles. The van der Waals surface area contributed by atoms with Gasteiger partial charge in [-0.3, -0.25) is 4.79 Å². The summed E-state index contributed by atoms with van der Waals surface area (Å²) >= 11 is 0. The molecule has 0 spiro atoms. The van der Waals surface area contributed by atoms with Gasteiger partial charge in [-0.1, -0.05) is 12.1 Å². The summed E-state index contributed by atoms with van der Waals surface area (Å²) in [6, 6.07) is 6.63. The number of hydrogen-bond acceptors (Lipinski definition) is 3. The maximum Gasteiger partial charge on any atom is 0.248 e. The topological polar surface area (TPSA) is 89.3 Å². The van der Waals surface area contributed by atoms with Crippen LogP contribution in [0.4, 0.5) is 0 Å². The summed E-state index contributed by atoms with van der Waals surface area (Å²) in [5, 5.41) is 8.74. The largest absolute Gasteiger partial charge is 0.395 e. The molecule has 0 aliphatic rings. The number of amides is 1. The first-order chi connectivity index (χ1) is 6.63. The van der Waals surface area contributed by atoms with Gasteiger partial charge < -0.3 is 16.6 Å². The molecular formula is C10H15ClN2O2. The van der Waals surface area contributed by atoms with Crippen molar-refractivity contribution in [2.45, 2.75) is 12.5 Å². The van der Waals surface area contributed by atoms with Gasteiger partial charge in [0, 0.05) is 11.6 Å². The van der Waals surface area contributed by atoms with Crippen molar-refractivity contribution >= 4 is 18.3 Å². The van der Waals surface area contributed by atoms with Gasteiger partial charge in [-0.15, -0.1) is 12.4 Å². The molecule has 4 nitrogen and oxygen atoms in total. The van der Waals surface area contributed by atoms with Crippen LogP contribution in [-0.4, -0.2) is 23.7 Å². The van der Waals surface area contributed by atoms with Crippen LogP contribution in [0.25, 0.3) is 0 Å². The Labute approximate surface area is 94.7 Å². The Balaban J connectivity index is 0.00000196. The predicted molar refractivity (Wildman–Crippen MR) is 61.0 cm³/mol. The molecule has 1 amide bonds. The van der Waals surface area contributed by atoms with Crippen LogP contribution in [0.3, 0.4) is 0 Å². The van der Waals surface area contributed by atoms with Gasteiger partial charge in [0.15, 0.2) is 0 Å². The summed E-state index contributed by atoms with van der Waals surface area (Å²) in [5.74, 6) is -0.442. The summed E-state index contributed by atoms with van der Waals surface area (Å²) in [4.78, 5) is 10.7. The van der Waals surface area contributed by atoms with E-state index in [1.165, 1.54) is 0 Å². The third-order valence-electron chi connectivity index (χ3n) is 1.97. The van der Waals surface area contributed by atoms with Gasteiger partial charge in [0.2, 0.25) is 5.91 Å². The van der Waals surface area contributed by atoms with Crippen molar-refractivity contribution in [1.82, 2.24) is 0 Å². The summed E-state index contributed by atoms with van der Waals surface area (Å²) in [6.45, 7) is -0.0441. The average Bonchev–Trinajstić information content (AvgIpc) is 2.18. The van der Waals surface area contributed by atoms with Gasteiger partial charge in [-0.2, -0.15) is 0 Å². The molecule has 0 saturated heterocycles. The first-order valence-electron chi connectivity index (χ1n) is 4.38. The number of hydrogen-bond donors (Lipinski definition) is 3. The highest BCUT2D eigenvalue weighted by Gasteiger charge is 2.03. The number of benzene rings is 1. The fourth-order valence-corrected chi connectivity index (χ4v) is 1.17. The SMILES string of the molecule is Cl.NC(=O)c1ccc(C[C@@H](N)CO)cc1. The molecule has 84 valence electrons. The summed E-state index contributed by atoms with van der Waals surface area (Å²) in [6.07, 6.45) is 0.593. The van der Waals surface area contributed by atoms with Gasteiger partial charge in [-0.25, -0.2) is 0 Å². The van der Waals surface area contributed by atoms with Crippen LogP contribution in [0.15, 0.2) is 24.3 Å². The lowest BCUT2D eigenvalue weighted by molar-refractivity contribution is 0.100. The second-order valence-corrected chi connectivity index (χ2v) is 3.21. The van der Waals surface area contributed by atoms with Crippen LogP contribution in [0.1, 0.15) is 15.9 Å². The number of carbonyl (C=O) groups excluding carboxylic acids is 1. The van der Waals surface area contributed by atoms with E-state index in [-0.39, 0.29) is 25.1 Å². The van der Waals surface area contributed by atoms with E-state index in [1.807, 2.05) is 0 Å². The molecule has 0 aliphatic heterocycles. The zero-order valence-electron chi connectivity index (χ0n) is 8.22. The molecule has 1 aromatic carbocycles. The van der Waals surface area contributed by atoms with E-state index >= 15 is 0 Å². The zero-order valence-corrected chi connectivity index (χ0v) is 9.04. The van der Waals surface area contributed by atoms with Crippen molar-refractivity contribution in [3.8, 4) is 0 Å². The molecule has 1 atom stereocenters. The van der Waals surface area contributed by atoms with Gasteiger partial charge in [0.25, 0.3) is 0 Å². The highest BCUT2D eigenvalue weighted by molar-refractivity contribution is 5.92. The first kappa shape index (κ1) is 13.9. The Kier molecular flexibility index (Phi) is 5.93. The molecule has 5 heteroatoms. The van der Waals surface area contributed by atoms with Crippen molar-refractivity contribution in [2.24, 2.45) is 11.5 Å². The molecule has 0 aliphatic carbocycles. The van der Waals surface area contributed by atoms with Crippen molar-refractivity contribution in [3.63, 3.8) is 0 Å². The van der Waals surface area contributed by atoms with E-state index in [9.17, 15) is 4.79 Å². The highest BCUT2D eigenvalue weighted by Crippen LogP contribution is 2.05. The van der Waals surface area contributed by atoms with Crippen molar-refractivity contribution in [3.05, 3.63) is 35.4 Å². The van der Waals surface area contributed by atoms with Gasteiger partial charge in [-0.05, 0) is 24.1 Å². The second kappa shape index (κ2) is 6.40. The van der Waals surface area contributed by atoms with E-state index in [4.69, 9.17) is 16.6 Å². The summed E-state index contributed by atoms with van der Waals surface area (Å²) in [7, 11) is 0. The van der Waals surface area contributed by atoms with Crippen molar-refractivity contribution < 1.29 is 9.90 Å². The van der Waals surface area contributed by atoms with Crippen LogP contribution in [0.2, 0.25) is 0 Å². The minimum absolute atomic E-state index is 0. The molecule has 15 heavy (non-hydrogen) atoms. The number of aliphatic hydroxyl groups excluding tert-OH is 1. The number of rotatable bonds is 4. The first-order valence-corrected chi connectivity index (χ1v) is 4.38. The van der Waals surface area contributed by atoms with E-state index < -0.39 is 5.91 Å². The summed E-state index contributed by atoms with van der Waals surface area (Å²) < 4.78 is 0. The minimum atomic E-state index is -0.442. The predicted octanol–water partition coefficient (Wildman–Crippen LogP) is 0.0694. The monoisotopic (exact) mass is 230 g/mol. The third kappa shape index (κ3) is 4.29. The van der Waals surface area contributed by atoms with Gasteiger partial charge >= 0.3 is 0 Å². The Morgan fingerprint density at radius 2 is 1.87 bits per heavy atom. The van der Waals surface area contributed by atoms with Gasteiger partial charge in [0.05, 0.1) is 6.61 Å².